The van der Waals surface area contributed by atoms with Crippen LogP contribution in [0.15, 0.2) is 29.2 Å². The molecule has 2 saturated carbocycles. The Kier molecular flexibility index (Phi) is 5.27. The molecule has 2 fully saturated rings. The third-order valence-corrected chi connectivity index (χ3v) is 7.42. The van der Waals surface area contributed by atoms with Crippen molar-refractivity contribution in [1.29, 1.82) is 0 Å². The highest BCUT2D eigenvalue weighted by Gasteiger charge is 2.38. The second-order valence-electron chi connectivity index (χ2n) is 6.96. The number of rotatable bonds is 4. The normalized spacial score (nSPS) is 21.6. The van der Waals surface area contributed by atoms with Crippen LogP contribution in [0, 0.1) is 0 Å². The molecule has 0 heterocycles. The quantitative estimate of drug-likeness (QED) is 0.848. The lowest BCUT2D eigenvalue weighted by molar-refractivity contribution is 0.170. The summed E-state index contributed by atoms with van der Waals surface area (Å²) >= 11 is 0. The molecule has 3 rings (SSSR count). The first-order chi connectivity index (χ1) is 11.1. The standard InChI is InChI=1S/C18H28N2O2S/c19-17-13-7-8-14-18(17)23(21,22)20(15-9-3-1-4-10-15)16-11-5-2-6-12-16/h7-8,13-16H,1-6,9-12,19H2. The van der Waals surface area contributed by atoms with E-state index in [9.17, 15) is 8.42 Å². The van der Waals surface area contributed by atoms with Crippen molar-refractivity contribution < 1.29 is 8.42 Å². The van der Waals surface area contributed by atoms with Gasteiger partial charge in [-0.3, -0.25) is 0 Å². The Bertz CT molecular complexity index is 600. The van der Waals surface area contributed by atoms with Crippen molar-refractivity contribution >= 4 is 15.7 Å². The average molecular weight is 337 g/mol. The van der Waals surface area contributed by atoms with E-state index in [0.29, 0.717) is 5.69 Å². The summed E-state index contributed by atoms with van der Waals surface area (Å²) in [4.78, 5) is 0.288. The molecule has 1 aromatic rings. The maximum absolute atomic E-state index is 13.4. The third kappa shape index (κ3) is 3.56. The fourth-order valence-electron chi connectivity index (χ4n) is 4.19. The van der Waals surface area contributed by atoms with Crippen LogP contribution >= 0.6 is 0 Å². The summed E-state index contributed by atoms with van der Waals surface area (Å²) in [5.41, 5.74) is 6.36. The van der Waals surface area contributed by atoms with Crippen molar-refractivity contribution in [3.05, 3.63) is 24.3 Å². The van der Waals surface area contributed by atoms with Crippen molar-refractivity contribution in [2.24, 2.45) is 0 Å². The zero-order valence-electron chi connectivity index (χ0n) is 13.8. The SMILES string of the molecule is Nc1ccccc1S(=O)(=O)N(C1CCCCC1)C1CCCCC1. The summed E-state index contributed by atoms with van der Waals surface area (Å²) in [6, 6.07) is 7.20. The molecule has 23 heavy (non-hydrogen) atoms. The monoisotopic (exact) mass is 336 g/mol. The zero-order valence-corrected chi connectivity index (χ0v) is 14.6. The highest BCUT2D eigenvalue weighted by molar-refractivity contribution is 7.89. The maximum atomic E-state index is 13.4. The molecular weight excluding hydrogens is 308 g/mol. The first kappa shape index (κ1) is 16.8. The van der Waals surface area contributed by atoms with E-state index in [1.807, 2.05) is 4.31 Å². The molecule has 0 aromatic heterocycles. The molecule has 4 nitrogen and oxygen atoms in total. The summed E-state index contributed by atoms with van der Waals surface area (Å²) in [7, 11) is -3.52. The Balaban J connectivity index is 1.97. The van der Waals surface area contributed by atoms with Gasteiger partial charge in [0.05, 0.1) is 5.69 Å². The fourth-order valence-corrected chi connectivity index (χ4v) is 6.24. The predicted molar refractivity (Wildman–Crippen MR) is 93.6 cm³/mol. The van der Waals surface area contributed by atoms with Gasteiger partial charge in [0.1, 0.15) is 4.90 Å². The van der Waals surface area contributed by atoms with Crippen molar-refractivity contribution in [2.45, 2.75) is 81.2 Å². The van der Waals surface area contributed by atoms with Crippen LogP contribution < -0.4 is 5.73 Å². The summed E-state index contributed by atoms with van der Waals surface area (Å²) in [5.74, 6) is 0. The lowest BCUT2D eigenvalue weighted by atomic mass is 9.91. The van der Waals surface area contributed by atoms with Gasteiger partial charge in [0, 0.05) is 12.1 Å². The highest BCUT2D eigenvalue weighted by atomic mass is 32.2. The van der Waals surface area contributed by atoms with Crippen LogP contribution in [0.1, 0.15) is 64.2 Å². The molecule has 0 unspecified atom stereocenters. The number of hydrogen-bond donors (Lipinski definition) is 1. The van der Waals surface area contributed by atoms with Crippen LogP contribution in [0.25, 0.3) is 0 Å². The van der Waals surface area contributed by atoms with Gasteiger partial charge in [-0.2, -0.15) is 4.31 Å². The van der Waals surface area contributed by atoms with Gasteiger partial charge in [-0.05, 0) is 37.8 Å². The molecule has 5 heteroatoms. The summed E-state index contributed by atoms with van der Waals surface area (Å²) in [6.07, 6.45) is 10.9. The maximum Gasteiger partial charge on any atom is 0.245 e. The Morgan fingerprint density at radius 3 is 1.78 bits per heavy atom. The van der Waals surface area contributed by atoms with E-state index in [4.69, 9.17) is 5.73 Å². The summed E-state index contributed by atoms with van der Waals surface area (Å²) in [5, 5.41) is 0. The predicted octanol–water partition coefficient (Wildman–Crippen LogP) is 3.92. The number of hydrogen-bond acceptors (Lipinski definition) is 3. The number of benzene rings is 1. The van der Waals surface area contributed by atoms with Crippen LogP contribution in [-0.4, -0.2) is 24.8 Å². The van der Waals surface area contributed by atoms with Gasteiger partial charge < -0.3 is 5.73 Å². The second kappa shape index (κ2) is 7.22. The van der Waals surface area contributed by atoms with Crippen LogP contribution in [0.3, 0.4) is 0 Å². The molecule has 0 amide bonds. The van der Waals surface area contributed by atoms with Crippen molar-refractivity contribution in [1.82, 2.24) is 4.31 Å². The van der Waals surface area contributed by atoms with Gasteiger partial charge in [0.15, 0.2) is 0 Å². The average Bonchev–Trinajstić information content (AvgIpc) is 2.57. The van der Waals surface area contributed by atoms with E-state index in [-0.39, 0.29) is 17.0 Å². The van der Waals surface area contributed by atoms with Crippen molar-refractivity contribution in [3.8, 4) is 0 Å². The first-order valence-electron chi connectivity index (χ1n) is 8.99. The van der Waals surface area contributed by atoms with E-state index in [1.165, 1.54) is 12.8 Å². The number of nitrogen functional groups attached to an aromatic ring is 1. The lowest BCUT2D eigenvalue weighted by Gasteiger charge is -2.40. The largest absolute Gasteiger partial charge is 0.398 e. The Hall–Kier alpha value is -1.07. The highest BCUT2D eigenvalue weighted by Crippen LogP contribution is 2.35. The Morgan fingerprint density at radius 2 is 1.30 bits per heavy atom. The second-order valence-corrected chi connectivity index (χ2v) is 8.77. The number of nitrogens with two attached hydrogens (primary N) is 1. The number of nitrogens with zero attached hydrogens (tertiary/aromatic N) is 1. The van der Waals surface area contributed by atoms with Gasteiger partial charge >= 0.3 is 0 Å². The summed E-state index contributed by atoms with van der Waals surface area (Å²) in [6.45, 7) is 0. The van der Waals surface area contributed by atoms with Gasteiger partial charge in [-0.15, -0.1) is 0 Å². The molecule has 0 atom stereocenters. The minimum absolute atomic E-state index is 0.149. The van der Waals surface area contributed by atoms with E-state index in [0.717, 1.165) is 51.4 Å². The van der Waals surface area contributed by atoms with E-state index in [2.05, 4.69) is 0 Å². The third-order valence-electron chi connectivity index (χ3n) is 5.34. The molecule has 0 bridgehead atoms. The van der Waals surface area contributed by atoms with Gasteiger partial charge in [-0.25, -0.2) is 8.42 Å². The summed E-state index contributed by atoms with van der Waals surface area (Å²) < 4.78 is 28.7. The number of anilines is 1. The van der Waals surface area contributed by atoms with E-state index >= 15 is 0 Å². The lowest BCUT2D eigenvalue weighted by Crippen LogP contribution is -2.48. The Labute approximate surface area is 140 Å². The molecule has 0 radical (unpaired) electrons. The topological polar surface area (TPSA) is 63.4 Å². The smallest absolute Gasteiger partial charge is 0.245 e. The number of para-hydroxylation sites is 1. The van der Waals surface area contributed by atoms with Crippen LogP contribution in [0.5, 0.6) is 0 Å². The first-order valence-corrected chi connectivity index (χ1v) is 10.4. The molecule has 128 valence electrons. The van der Waals surface area contributed by atoms with Crippen molar-refractivity contribution in [2.75, 3.05) is 5.73 Å². The van der Waals surface area contributed by atoms with Crippen LogP contribution in [0.4, 0.5) is 5.69 Å². The molecule has 2 aliphatic rings. The zero-order chi connectivity index (χ0) is 16.3. The van der Waals surface area contributed by atoms with Crippen molar-refractivity contribution in [3.63, 3.8) is 0 Å². The fraction of sp³-hybridized carbons (Fsp3) is 0.667. The van der Waals surface area contributed by atoms with Gasteiger partial charge in [-0.1, -0.05) is 50.7 Å². The molecular formula is C18H28N2O2S. The van der Waals surface area contributed by atoms with Crippen LogP contribution in [0.2, 0.25) is 0 Å². The Morgan fingerprint density at radius 1 is 0.826 bits per heavy atom. The molecule has 0 saturated heterocycles. The van der Waals surface area contributed by atoms with E-state index in [1.54, 1.807) is 24.3 Å². The molecule has 2 aliphatic carbocycles. The van der Waals surface area contributed by atoms with E-state index < -0.39 is 10.0 Å². The minimum atomic E-state index is -3.52. The van der Waals surface area contributed by atoms with Gasteiger partial charge in [0.25, 0.3) is 0 Å². The van der Waals surface area contributed by atoms with Gasteiger partial charge in [0.2, 0.25) is 10.0 Å². The molecule has 0 aliphatic heterocycles. The van der Waals surface area contributed by atoms with Crippen LogP contribution in [-0.2, 0) is 10.0 Å². The molecule has 2 N–H and O–H groups in total. The minimum Gasteiger partial charge on any atom is -0.398 e. The number of sulfonamides is 1. The molecule has 1 aromatic carbocycles. The molecule has 0 spiro atoms.